The Kier molecular flexibility index (Phi) is 5.98. The van der Waals surface area contributed by atoms with Crippen molar-refractivity contribution in [1.29, 1.82) is 0 Å². The molecular formula is C20H27N3O4. The normalized spacial score (nSPS) is 15.5. The van der Waals surface area contributed by atoms with Crippen LogP contribution in [0.1, 0.15) is 68.0 Å². The van der Waals surface area contributed by atoms with E-state index < -0.39 is 5.54 Å². The maximum atomic E-state index is 13.0. The molecule has 0 aliphatic heterocycles. The Labute approximate surface area is 159 Å². The molecule has 1 aliphatic rings. The number of carbonyl (C=O) groups excluding carboxylic acids is 1. The molecule has 0 atom stereocenters. The van der Waals surface area contributed by atoms with E-state index in [4.69, 9.17) is 14.0 Å². The van der Waals surface area contributed by atoms with Gasteiger partial charge in [-0.3, -0.25) is 4.79 Å². The molecule has 0 saturated heterocycles. The van der Waals surface area contributed by atoms with Crippen LogP contribution in [0.4, 0.5) is 0 Å². The smallest absolute Gasteiger partial charge is 0.252 e. The monoisotopic (exact) mass is 373 g/mol. The number of aromatic nitrogens is 2. The second kappa shape index (κ2) is 8.41. The van der Waals surface area contributed by atoms with Crippen LogP contribution in [0.3, 0.4) is 0 Å². The minimum absolute atomic E-state index is 0.178. The standard InChI is InChI=1S/C20H27N3O4/c1-4-12-26-16-9-8-15(13-17(16)25-5-2)18(24)22-20(10-6-7-11-20)19-21-14(3)27-23-19/h8-9,13H,4-7,10-12H2,1-3H3,(H,22,24). The van der Waals surface area contributed by atoms with Gasteiger partial charge in [-0.05, 0) is 44.4 Å². The largest absolute Gasteiger partial charge is 0.490 e. The van der Waals surface area contributed by atoms with Gasteiger partial charge >= 0.3 is 0 Å². The molecule has 1 aliphatic carbocycles. The molecule has 1 aromatic heterocycles. The second-order valence-electron chi connectivity index (χ2n) is 6.82. The third-order valence-electron chi connectivity index (χ3n) is 4.73. The van der Waals surface area contributed by atoms with Crippen LogP contribution in [0, 0.1) is 6.92 Å². The summed E-state index contributed by atoms with van der Waals surface area (Å²) >= 11 is 0. The number of rotatable bonds is 8. The number of nitrogens with one attached hydrogen (secondary N) is 1. The Morgan fingerprint density at radius 3 is 2.63 bits per heavy atom. The van der Waals surface area contributed by atoms with Gasteiger partial charge < -0.3 is 19.3 Å². The molecule has 1 aromatic carbocycles. The average molecular weight is 373 g/mol. The topological polar surface area (TPSA) is 86.5 Å². The number of nitrogens with zero attached hydrogens (tertiary/aromatic N) is 2. The van der Waals surface area contributed by atoms with E-state index in [0.29, 0.717) is 42.0 Å². The van der Waals surface area contributed by atoms with Crippen molar-refractivity contribution in [3.05, 3.63) is 35.5 Å². The van der Waals surface area contributed by atoms with Gasteiger partial charge in [-0.1, -0.05) is 24.9 Å². The van der Waals surface area contributed by atoms with Gasteiger partial charge in [0.1, 0.15) is 5.54 Å². The summed E-state index contributed by atoms with van der Waals surface area (Å²) in [6.07, 6.45) is 4.53. The van der Waals surface area contributed by atoms with Crippen molar-refractivity contribution in [2.24, 2.45) is 0 Å². The first-order valence-corrected chi connectivity index (χ1v) is 9.61. The maximum Gasteiger partial charge on any atom is 0.252 e. The van der Waals surface area contributed by atoms with E-state index in [1.165, 1.54) is 0 Å². The van der Waals surface area contributed by atoms with Gasteiger partial charge in [0, 0.05) is 12.5 Å². The van der Waals surface area contributed by atoms with Crippen molar-refractivity contribution in [3.63, 3.8) is 0 Å². The Morgan fingerprint density at radius 2 is 2.00 bits per heavy atom. The molecule has 3 rings (SSSR count). The van der Waals surface area contributed by atoms with Crippen molar-refractivity contribution >= 4 is 5.91 Å². The van der Waals surface area contributed by atoms with Crippen LogP contribution in [0.15, 0.2) is 22.7 Å². The molecule has 0 unspecified atom stereocenters. The van der Waals surface area contributed by atoms with Crippen LogP contribution in [0.2, 0.25) is 0 Å². The van der Waals surface area contributed by atoms with Crippen molar-refractivity contribution in [1.82, 2.24) is 15.5 Å². The lowest BCUT2D eigenvalue weighted by atomic mass is 9.96. The summed E-state index contributed by atoms with van der Waals surface area (Å²) in [4.78, 5) is 17.3. The third kappa shape index (κ3) is 4.23. The Balaban J connectivity index is 1.83. The summed E-state index contributed by atoms with van der Waals surface area (Å²) in [6.45, 7) is 6.81. The molecule has 1 N–H and O–H groups in total. The molecule has 1 heterocycles. The zero-order chi connectivity index (χ0) is 19.3. The van der Waals surface area contributed by atoms with E-state index in [9.17, 15) is 4.79 Å². The van der Waals surface area contributed by atoms with E-state index in [1.54, 1.807) is 25.1 Å². The summed E-state index contributed by atoms with van der Waals surface area (Å²) in [6, 6.07) is 5.27. The van der Waals surface area contributed by atoms with Crippen LogP contribution in [-0.4, -0.2) is 29.3 Å². The van der Waals surface area contributed by atoms with Crippen molar-refractivity contribution < 1.29 is 18.8 Å². The Bertz CT molecular complexity index is 781. The lowest BCUT2D eigenvalue weighted by Crippen LogP contribution is -2.44. The van der Waals surface area contributed by atoms with E-state index in [0.717, 1.165) is 32.1 Å². The summed E-state index contributed by atoms with van der Waals surface area (Å²) in [5.41, 5.74) is -0.0494. The van der Waals surface area contributed by atoms with E-state index in [1.807, 2.05) is 13.8 Å². The molecule has 0 bridgehead atoms. The molecule has 1 fully saturated rings. The summed E-state index contributed by atoms with van der Waals surface area (Å²) < 4.78 is 16.5. The van der Waals surface area contributed by atoms with Gasteiger partial charge in [-0.2, -0.15) is 4.98 Å². The van der Waals surface area contributed by atoms with E-state index in [-0.39, 0.29) is 5.91 Å². The van der Waals surface area contributed by atoms with Gasteiger partial charge in [0.05, 0.1) is 13.2 Å². The maximum absolute atomic E-state index is 13.0. The predicted molar refractivity (Wildman–Crippen MR) is 100 cm³/mol. The van der Waals surface area contributed by atoms with Gasteiger partial charge in [0.15, 0.2) is 17.3 Å². The van der Waals surface area contributed by atoms with Gasteiger partial charge in [0.2, 0.25) is 5.89 Å². The van der Waals surface area contributed by atoms with Crippen LogP contribution in [-0.2, 0) is 5.54 Å². The minimum Gasteiger partial charge on any atom is -0.490 e. The van der Waals surface area contributed by atoms with E-state index in [2.05, 4.69) is 15.5 Å². The first kappa shape index (κ1) is 19.2. The molecule has 2 aromatic rings. The molecular weight excluding hydrogens is 346 g/mol. The van der Waals surface area contributed by atoms with Crippen LogP contribution >= 0.6 is 0 Å². The first-order chi connectivity index (χ1) is 13.1. The highest BCUT2D eigenvalue weighted by Gasteiger charge is 2.41. The van der Waals surface area contributed by atoms with Crippen LogP contribution < -0.4 is 14.8 Å². The molecule has 0 radical (unpaired) electrons. The summed E-state index contributed by atoms with van der Waals surface area (Å²) in [5, 5.41) is 7.22. The highest BCUT2D eigenvalue weighted by Crippen LogP contribution is 2.38. The van der Waals surface area contributed by atoms with Crippen LogP contribution in [0.25, 0.3) is 0 Å². The number of aryl methyl sites for hydroxylation is 1. The quantitative estimate of drug-likeness (QED) is 0.758. The fourth-order valence-electron chi connectivity index (χ4n) is 3.42. The van der Waals surface area contributed by atoms with Gasteiger partial charge in [0.25, 0.3) is 5.91 Å². The molecule has 0 spiro atoms. The minimum atomic E-state index is -0.571. The Morgan fingerprint density at radius 1 is 1.22 bits per heavy atom. The van der Waals surface area contributed by atoms with Crippen molar-refractivity contribution in [3.8, 4) is 11.5 Å². The van der Waals surface area contributed by atoms with Gasteiger partial charge in [-0.25, -0.2) is 0 Å². The lowest BCUT2D eigenvalue weighted by Gasteiger charge is -2.27. The zero-order valence-electron chi connectivity index (χ0n) is 16.2. The highest BCUT2D eigenvalue weighted by molar-refractivity contribution is 5.95. The number of ether oxygens (including phenoxy) is 2. The third-order valence-corrected chi connectivity index (χ3v) is 4.73. The fraction of sp³-hybridized carbons (Fsp3) is 0.550. The van der Waals surface area contributed by atoms with Crippen LogP contribution in [0.5, 0.6) is 11.5 Å². The number of hydrogen-bond donors (Lipinski definition) is 1. The fourth-order valence-corrected chi connectivity index (χ4v) is 3.42. The first-order valence-electron chi connectivity index (χ1n) is 9.61. The average Bonchev–Trinajstić information content (AvgIpc) is 3.31. The number of hydrogen-bond acceptors (Lipinski definition) is 6. The molecule has 7 nitrogen and oxygen atoms in total. The Hall–Kier alpha value is -2.57. The molecule has 27 heavy (non-hydrogen) atoms. The molecule has 1 saturated carbocycles. The highest BCUT2D eigenvalue weighted by atomic mass is 16.5. The van der Waals surface area contributed by atoms with Crippen molar-refractivity contribution in [2.45, 2.75) is 58.4 Å². The molecule has 7 heteroatoms. The molecule has 146 valence electrons. The molecule has 1 amide bonds. The zero-order valence-corrected chi connectivity index (χ0v) is 16.2. The van der Waals surface area contributed by atoms with E-state index >= 15 is 0 Å². The number of amides is 1. The predicted octanol–water partition coefficient (Wildman–Crippen LogP) is 3.76. The second-order valence-corrected chi connectivity index (χ2v) is 6.82. The SMILES string of the molecule is CCCOc1ccc(C(=O)NC2(c3noc(C)n3)CCCC2)cc1OCC. The number of carbonyl (C=O) groups is 1. The summed E-state index contributed by atoms with van der Waals surface area (Å²) in [5.74, 6) is 2.11. The van der Waals surface area contributed by atoms with Crippen molar-refractivity contribution in [2.75, 3.05) is 13.2 Å². The lowest BCUT2D eigenvalue weighted by molar-refractivity contribution is 0.0891. The van der Waals surface area contributed by atoms with Gasteiger partial charge in [-0.15, -0.1) is 0 Å². The number of benzene rings is 1. The summed E-state index contributed by atoms with van der Waals surface area (Å²) in [7, 11) is 0.